The van der Waals surface area contributed by atoms with Crippen molar-refractivity contribution in [1.82, 2.24) is 0 Å². The predicted octanol–water partition coefficient (Wildman–Crippen LogP) is 8.97. The van der Waals surface area contributed by atoms with Gasteiger partial charge in [0.2, 0.25) is 0 Å². The normalized spacial score (nSPS) is 14.5. The summed E-state index contributed by atoms with van der Waals surface area (Å²) < 4.78 is 5.52. The summed E-state index contributed by atoms with van der Waals surface area (Å²) in [6.45, 7) is 27.9. The molecule has 0 aromatic heterocycles. The predicted molar refractivity (Wildman–Crippen MR) is 139 cm³/mol. The molecule has 0 saturated heterocycles. The van der Waals surface area contributed by atoms with Gasteiger partial charge in [-0.3, -0.25) is 0 Å². The Morgan fingerprint density at radius 1 is 1.00 bits per heavy atom. The maximum atomic E-state index is 5.52. The number of benzene rings is 1. The van der Waals surface area contributed by atoms with Crippen molar-refractivity contribution in [1.29, 1.82) is 0 Å². The molecule has 0 heterocycles. The monoisotopic (exact) mass is 418 g/mol. The Bertz CT molecular complexity index is 920. The quantitative estimate of drug-likeness (QED) is 0.302. The van der Waals surface area contributed by atoms with Crippen molar-refractivity contribution in [3.63, 3.8) is 0 Å². The van der Waals surface area contributed by atoms with Gasteiger partial charge in [0.1, 0.15) is 5.76 Å². The Morgan fingerprint density at radius 3 is 1.94 bits per heavy atom. The van der Waals surface area contributed by atoms with Crippen LogP contribution in [0, 0.1) is 5.92 Å². The highest BCUT2D eigenvalue weighted by Crippen LogP contribution is 2.33. The zero-order valence-corrected chi connectivity index (χ0v) is 21.4. The minimum atomic E-state index is 0.137. The molecule has 0 aliphatic rings. The van der Waals surface area contributed by atoms with Crippen LogP contribution >= 0.6 is 0 Å². The third-order valence-electron chi connectivity index (χ3n) is 5.42. The van der Waals surface area contributed by atoms with E-state index in [1.807, 2.05) is 20.8 Å². The Kier molecular flexibility index (Phi) is 9.56. The molecule has 168 valence electrons. The highest BCUT2D eigenvalue weighted by Gasteiger charge is 2.16. The van der Waals surface area contributed by atoms with E-state index < -0.39 is 0 Å². The summed E-state index contributed by atoms with van der Waals surface area (Å²) in [5.41, 5.74) is 9.14. The molecule has 1 rings (SSSR count). The SMILES string of the molecule is C=C(/C(C)=C\C(=CC)/C(C(=C)C)=C(\C)OC)/C(=C\C(C)C)c1ccc(C(C)(C)C)cc1. The lowest BCUT2D eigenvalue weighted by molar-refractivity contribution is 0.290. The van der Waals surface area contributed by atoms with E-state index in [4.69, 9.17) is 4.74 Å². The fourth-order valence-corrected chi connectivity index (χ4v) is 3.54. The van der Waals surface area contributed by atoms with Crippen LogP contribution < -0.4 is 0 Å². The highest BCUT2D eigenvalue weighted by atomic mass is 16.5. The maximum absolute atomic E-state index is 5.52. The number of ether oxygens (including phenoxy) is 1. The molecule has 0 radical (unpaired) electrons. The average Bonchev–Trinajstić information content (AvgIpc) is 2.69. The minimum absolute atomic E-state index is 0.137. The molecule has 0 saturated carbocycles. The van der Waals surface area contributed by atoms with E-state index in [-0.39, 0.29) is 5.41 Å². The van der Waals surface area contributed by atoms with Gasteiger partial charge in [-0.05, 0) is 78.0 Å². The van der Waals surface area contributed by atoms with Gasteiger partial charge < -0.3 is 4.74 Å². The molecule has 0 atom stereocenters. The first kappa shape index (κ1) is 26.5. The molecule has 0 aliphatic heterocycles. The molecule has 0 N–H and O–H groups in total. The lowest BCUT2D eigenvalue weighted by Gasteiger charge is -2.21. The summed E-state index contributed by atoms with van der Waals surface area (Å²) in [5, 5.41) is 0. The second-order valence-electron chi connectivity index (χ2n) is 9.62. The number of hydrogen-bond acceptors (Lipinski definition) is 1. The highest BCUT2D eigenvalue weighted by molar-refractivity contribution is 5.83. The van der Waals surface area contributed by atoms with Crippen molar-refractivity contribution in [2.75, 3.05) is 7.11 Å². The fourth-order valence-electron chi connectivity index (χ4n) is 3.54. The van der Waals surface area contributed by atoms with E-state index in [2.05, 4.69) is 97.2 Å². The van der Waals surface area contributed by atoms with Crippen molar-refractivity contribution in [3.8, 4) is 0 Å². The van der Waals surface area contributed by atoms with E-state index in [0.29, 0.717) is 5.92 Å². The van der Waals surface area contributed by atoms with Crippen molar-refractivity contribution < 1.29 is 4.74 Å². The molecule has 1 heteroatoms. The van der Waals surface area contributed by atoms with Crippen molar-refractivity contribution in [2.24, 2.45) is 5.92 Å². The zero-order chi connectivity index (χ0) is 23.9. The van der Waals surface area contributed by atoms with Crippen molar-refractivity contribution in [3.05, 3.63) is 100 Å². The molecule has 0 amide bonds. The standard InChI is InChI=1S/C30H42O/c1-13-25(29(21(4)5)24(8)31-12)19-22(6)23(7)28(18-20(2)3)26-14-16-27(17-15-26)30(9,10)11/h13-20H,4,7H2,1-3,5-6,8-12H3/b22-19-,25-13?,28-18+,29-24+. The van der Waals surface area contributed by atoms with Crippen LogP contribution in [0.5, 0.6) is 0 Å². The lowest BCUT2D eigenvalue weighted by Crippen LogP contribution is -2.10. The summed E-state index contributed by atoms with van der Waals surface area (Å²) in [6, 6.07) is 8.91. The van der Waals surface area contributed by atoms with E-state index in [1.54, 1.807) is 7.11 Å². The molecule has 1 aromatic carbocycles. The Balaban J connectivity index is 3.46. The molecular formula is C30H42O. The molecule has 31 heavy (non-hydrogen) atoms. The number of methoxy groups -OCH3 is 1. The third kappa shape index (κ3) is 7.28. The van der Waals surface area contributed by atoms with E-state index in [1.165, 1.54) is 16.7 Å². The molecular weight excluding hydrogens is 376 g/mol. The van der Waals surface area contributed by atoms with Crippen LogP contribution in [0.1, 0.15) is 73.4 Å². The molecule has 0 spiro atoms. The molecule has 1 aromatic rings. The first-order valence-corrected chi connectivity index (χ1v) is 11.1. The van der Waals surface area contributed by atoms with Gasteiger partial charge in [-0.15, -0.1) is 0 Å². The fraction of sp³-hybridized carbons (Fsp3) is 0.400. The van der Waals surface area contributed by atoms with Gasteiger partial charge in [-0.1, -0.05) is 90.3 Å². The van der Waals surface area contributed by atoms with Gasteiger partial charge in [-0.25, -0.2) is 0 Å². The number of hydrogen-bond donors (Lipinski definition) is 0. The van der Waals surface area contributed by atoms with Crippen LogP contribution in [0.25, 0.3) is 5.57 Å². The van der Waals surface area contributed by atoms with Gasteiger partial charge in [0.15, 0.2) is 0 Å². The van der Waals surface area contributed by atoms with Crippen LogP contribution in [0.2, 0.25) is 0 Å². The van der Waals surface area contributed by atoms with E-state index >= 15 is 0 Å². The van der Waals surface area contributed by atoms with Gasteiger partial charge in [0.25, 0.3) is 0 Å². The second-order valence-corrected chi connectivity index (χ2v) is 9.62. The Morgan fingerprint density at radius 2 is 1.55 bits per heavy atom. The molecule has 0 bridgehead atoms. The largest absolute Gasteiger partial charge is 0.501 e. The summed E-state index contributed by atoms with van der Waals surface area (Å²) in [4.78, 5) is 0. The number of allylic oxidation sites excluding steroid dienone is 10. The van der Waals surface area contributed by atoms with E-state index in [0.717, 1.165) is 33.6 Å². The van der Waals surface area contributed by atoms with Crippen molar-refractivity contribution >= 4 is 5.57 Å². The minimum Gasteiger partial charge on any atom is -0.501 e. The number of rotatable bonds is 8. The summed E-state index contributed by atoms with van der Waals surface area (Å²) >= 11 is 0. The third-order valence-corrected chi connectivity index (χ3v) is 5.42. The van der Waals surface area contributed by atoms with Crippen molar-refractivity contribution in [2.45, 2.75) is 67.7 Å². The molecule has 0 fully saturated rings. The maximum Gasteiger partial charge on any atom is 0.100 e. The lowest BCUT2D eigenvalue weighted by atomic mass is 9.84. The Hall–Kier alpha value is -2.54. The average molecular weight is 419 g/mol. The van der Waals surface area contributed by atoms with Gasteiger partial charge in [-0.2, -0.15) is 0 Å². The van der Waals surface area contributed by atoms with Crippen LogP contribution in [0.15, 0.2) is 89.3 Å². The zero-order valence-electron chi connectivity index (χ0n) is 21.4. The van der Waals surface area contributed by atoms with E-state index in [9.17, 15) is 0 Å². The Labute approximate surface area is 191 Å². The van der Waals surface area contributed by atoms with Crippen LogP contribution in [0.3, 0.4) is 0 Å². The van der Waals surface area contributed by atoms with Crippen LogP contribution in [-0.4, -0.2) is 7.11 Å². The van der Waals surface area contributed by atoms with Gasteiger partial charge in [0.05, 0.1) is 7.11 Å². The van der Waals surface area contributed by atoms with Gasteiger partial charge >= 0.3 is 0 Å². The topological polar surface area (TPSA) is 9.23 Å². The molecule has 0 unspecified atom stereocenters. The summed E-state index contributed by atoms with van der Waals surface area (Å²) in [6.07, 6.45) is 6.59. The van der Waals surface area contributed by atoms with Crippen LogP contribution in [-0.2, 0) is 10.2 Å². The molecule has 1 nitrogen and oxygen atoms in total. The smallest absolute Gasteiger partial charge is 0.100 e. The van der Waals surface area contributed by atoms with Crippen LogP contribution in [0.4, 0.5) is 0 Å². The summed E-state index contributed by atoms with van der Waals surface area (Å²) in [5.74, 6) is 1.29. The first-order valence-electron chi connectivity index (χ1n) is 11.1. The first-order chi connectivity index (χ1) is 14.3. The summed E-state index contributed by atoms with van der Waals surface area (Å²) in [7, 11) is 1.70. The molecule has 0 aliphatic carbocycles. The van der Waals surface area contributed by atoms with Gasteiger partial charge in [0, 0.05) is 5.57 Å². The second kappa shape index (κ2) is 11.2.